The van der Waals surface area contributed by atoms with E-state index in [-0.39, 0.29) is 12.2 Å². The number of carbonyl (C=O) groups excluding carboxylic acids is 1. The average molecular weight is 229 g/mol. The van der Waals surface area contributed by atoms with Crippen molar-refractivity contribution in [1.29, 1.82) is 0 Å². The van der Waals surface area contributed by atoms with E-state index in [1.807, 2.05) is 12.1 Å². The maximum Gasteiger partial charge on any atom is 0.123 e. The molecule has 0 aromatic heterocycles. The molecule has 0 saturated heterocycles. The summed E-state index contributed by atoms with van der Waals surface area (Å²) in [6.45, 7) is 0. The lowest BCUT2D eigenvalue weighted by atomic mass is 10.0. The second-order valence-electron chi connectivity index (χ2n) is 3.75. The van der Waals surface area contributed by atoms with Crippen LogP contribution in [0.1, 0.15) is 5.56 Å². The summed E-state index contributed by atoms with van der Waals surface area (Å²) in [5.41, 5.74) is 2.51. The van der Waals surface area contributed by atoms with Crippen LogP contribution < -0.4 is 5.11 Å². The first-order valence-corrected chi connectivity index (χ1v) is 5.20. The Morgan fingerprint density at radius 1 is 0.941 bits per heavy atom. The topological polar surface area (TPSA) is 40.1 Å². The van der Waals surface area contributed by atoms with Crippen LogP contribution in [0.15, 0.2) is 48.5 Å². The summed E-state index contributed by atoms with van der Waals surface area (Å²) in [4.78, 5) is 10.4. The van der Waals surface area contributed by atoms with Crippen LogP contribution in [0.4, 0.5) is 4.39 Å². The molecule has 0 fully saturated rings. The van der Waals surface area contributed by atoms with Gasteiger partial charge in [-0.2, -0.15) is 0 Å². The molecule has 17 heavy (non-hydrogen) atoms. The summed E-state index contributed by atoms with van der Waals surface area (Å²) in [6, 6.07) is 13.2. The van der Waals surface area contributed by atoms with E-state index in [0.717, 1.165) is 11.1 Å². The quantitative estimate of drug-likeness (QED) is 0.805. The molecule has 0 bridgehead atoms. The van der Waals surface area contributed by atoms with Gasteiger partial charge in [0.15, 0.2) is 0 Å². The van der Waals surface area contributed by atoms with E-state index >= 15 is 0 Å². The number of carbonyl (C=O) groups is 1. The predicted octanol–water partition coefficient (Wildman–Crippen LogP) is 1.79. The van der Waals surface area contributed by atoms with Crippen molar-refractivity contribution < 1.29 is 14.3 Å². The van der Waals surface area contributed by atoms with Gasteiger partial charge in [0.1, 0.15) is 5.82 Å². The highest BCUT2D eigenvalue weighted by Gasteiger charge is 1.99. The van der Waals surface area contributed by atoms with Crippen molar-refractivity contribution in [3.05, 3.63) is 59.9 Å². The minimum atomic E-state index is -1.10. The molecule has 0 aliphatic carbocycles. The molecule has 0 N–H and O–H groups in total. The second-order valence-corrected chi connectivity index (χ2v) is 3.75. The largest absolute Gasteiger partial charge is 0.550 e. The van der Waals surface area contributed by atoms with Crippen LogP contribution in [-0.4, -0.2) is 5.97 Å². The molecule has 2 aromatic carbocycles. The van der Waals surface area contributed by atoms with Crippen molar-refractivity contribution in [2.45, 2.75) is 6.42 Å². The Labute approximate surface area is 98.3 Å². The van der Waals surface area contributed by atoms with Crippen molar-refractivity contribution >= 4 is 5.97 Å². The van der Waals surface area contributed by atoms with Gasteiger partial charge in [-0.15, -0.1) is 0 Å². The third-order valence-corrected chi connectivity index (χ3v) is 2.48. The van der Waals surface area contributed by atoms with Gasteiger partial charge in [-0.1, -0.05) is 36.4 Å². The first-order chi connectivity index (χ1) is 8.15. The van der Waals surface area contributed by atoms with Crippen LogP contribution in [0.3, 0.4) is 0 Å². The predicted molar refractivity (Wildman–Crippen MR) is 60.5 cm³/mol. The van der Waals surface area contributed by atoms with Gasteiger partial charge in [0.05, 0.1) is 0 Å². The van der Waals surface area contributed by atoms with Crippen LogP contribution in [0.2, 0.25) is 0 Å². The zero-order chi connectivity index (χ0) is 12.3. The van der Waals surface area contributed by atoms with E-state index in [1.165, 1.54) is 12.1 Å². The molecular weight excluding hydrogens is 219 g/mol. The lowest BCUT2D eigenvalue weighted by molar-refractivity contribution is -0.304. The highest BCUT2D eigenvalue weighted by molar-refractivity contribution is 5.69. The van der Waals surface area contributed by atoms with Gasteiger partial charge in [-0.05, 0) is 28.8 Å². The van der Waals surface area contributed by atoms with Crippen LogP contribution in [0, 0.1) is 5.82 Å². The lowest BCUT2D eigenvalue weighted by Gasteiger charge is -2.05. The molecule has 2 aromatic rings. The molecule has 86 valence electrons. The maximum atomic E-state index is 12.7. The van der Waals surface area contributed by atoms with Crippen molar-refractivity contribution in [2.75, 3.05) is 0 Å². The van der Waals surface area contributed by atoms with E-state index in [0.29, 0.717) is 5.56 Å². The number of benzene rings is 2. The van der Waals surface area contributed by atoms with E-state index in [4.69, 9.17) is 0 Å². The van der Waals surface area contributed by atoms with Crippen molar-refractivity contribution in [3.8, 4) is 11.1 Å². The maximum absolute atomic E-state index is 12.7. The fraction of sp³-hybridized carbons (Fsp3) is 0.0714. The van der Waals surface area contributed by atoms with Gasteiger partial charge in [-0.25, -0.2) is 4.39 Å². The molecule has 0 atom stereocenters. The molecule has 2 rings (SSSR count). The Morgan fingerprint density at radius 2 is 1.41 bits per heavy atom. The third-order valence-electron chi connectivity index (χ3n) is 2.48. The van der Waals surface area contributed by atoms with E-state index in [2.05, 4.69) is 0 Å². The lowest BCUT2D eigenvalue weighted by Crippen LogP contribution is -2.24. The molecule has 0 spiro atoms. The van der Waals surface area contributed by atoms with Crippen molar-refractivity contribution in [3.63, 3.8) is 0 Å². The normalized spacial score (nSPS) is 10.2. The molecule has 0 aliphatic heterocycles. The van der Waals surface area contributed by atoms with Crippen LogP contribution in [0.25, 0.3) is 11.1 Å². The fourth-order valence-corrected chi connectivity index (χ4v) is 1.62. The molecule has 0 amide bonds. The van der Waals surface area contributed by atoms with Gasteiger partial charge in [0.25, 0.3) is 0 Å². The number of hydrogen-bond donors (Lipinski definition) is 0. The first-order valence-electron chi connectivity index (χ1n) is 5.20. The van der Waals surface area contributed by atoms with E-state index in [1.54, 1.807) is 24.3 Å². The Kier molecular flexibility index (Phi) is 3.19. The zero-order valence-corrected chi connectivity index (χ0v) is 9.02. The molecule has 2 nitrogen and oxygen atoms in total. The summed E-state index contributed by atoms with van der Waals surface area (Å²) in [5, 5.41) is 10.4. The van der Waals surface area contributed by atoms with Crippen molar-refractivity contribution in [1.82, 2.24) is 0 Å². The average Bonchev–Trinajstić information content (AvgIpc) is 2.30. The van der Waals surface area contributed by atoms with Gasteiger partial charge in [0, 0.05) is 12.4 Å². The molecule has 0 radical (unpaired) electrons. The summed E-state index contributed by atoms with van der Waals surface area (Å²) >= 11 is 0. The minimum Gasteiger partial charge on any atom is -0.550 e. The summed E-state index contributed by atoms with van der Waals surface area (Å²) in [5.74, 6) is -1.37. The minimum absolute atomic E-state index is 0.0936. The molecule has 0 heterocycles. The molecule has 0 aliphatic rings. The van der Waals surface area contributed by atoms with Crippen molar-refractivity contribution in [2.24, 2.45) is 0 Å². The van der Waals surface area contributed by atoms with Crippen LogP contribution >= 0.6 is 0 Å². The standard InChI is InChI=1S/C14H11FO2/c15-13-7-5-12(6-8-13)11-3-1-10(2-4-11)9-14(16)17/h1-8H,9H2,(H,16,17)/p-1. The van der Waals surface area contributed by atoms with E-state index < -0.39 is 5.97 Å². The Hall–Kier alpha value is -2.16. The Bertz CT molecular complexity index is 515. The number of halogens is 1. The van der Waals surface area contributed by atoms with Gasteiger partial charge >= 0.3 is 0 Å². The monoisotopic (exact) mass is 229 g/mol. The third kappa shape index (κ3) is 2.91. The Balaban J connectivity index is 2.23. The fourth-order valence-electron chi connectivity index (χ4n) is 1.62. The first kappa shape index (κ1) is 11.3. The smallest absolute Gasteiger partial charge is 0.123 e. The number of rotatable bonds is 3. The van der Waals surface area contributed by atoms with Crippen LogP contribution in [0.5, 0.6) is 0 Å². The number of carboxylic acid groups (broad SMARTS) is 1. The Morgan fingerprint density at radius 3 is 1.88 bits per heavy atom. The van der Waals surface area contributed by atoms with E-state index in [9.17, 15) is 14.3 Å². The summed E-state index contributed by atoms with van der Waals surface area (Å²) in [7, 11) is 0. The molecular formula is C14H10FO2-. The zero-order valence-electron chi connectivity index (χ0n) is 9.02. The molecule has 0 saturated carbocycles. The summed E-state index contributed by atoms with van der Waals surface area (Å²) < 4.78 is 12.7. The van der Waals surface area contributed by atoms with Crippen LogP contribution in [-0.2, 0) is 11.2 Å². The number of carboxylic acids is 1. The second kappa shape index (κ2) is 4.78. The number of aliphatic carboxylic acids is 1. The highest BCUT2D eigenvalue weighted by Crippen LogP contribution is 2.20. The summed E-state index contributed by atoms with van der Waals surface area (Å²) in [6.07, 6.45) is -0.0936. The SMILES string of the molecule is O=C([O-])Cc1ccc(-c2ccc(F)cc2)cc1. The molecule has 3 heteroatoms. The van der Waals surface area contributed by atoms with Gasteiger partial charge in [0.2, 0.25) is 0 Å². The highest BCUT2D eigenvalue weighted by atomic mass is 19.1. The van der Waals surface area contributed by atoms with Gasteiger partial charge in [-0.3, -0.25) is 0 Å². The molecule has 0 unspecified atom stereocenters. The number of hydrogen-bond acceptors (Lipinski definition) is 2. The van der Waals surface area contributed by atoms with Gasteiger partial charge < -0.3 is 9.90 Å².